The Morgan fingerprint density at radius 1 is 0.897 bits per heavy atom. The second-order valence-electron chi connectivity index (χ2n) is 7.91. The summed E-state index contributed by atoms with van der Waals surface area (Å²) in [4.78, 5) is 18.0. The van der Waals surface area contributed by atoms with Gasteiger partial charge in [-0.15, -0.1) is 0 Å². The van der Waals surface area contributed by atoms with Gasteiger partial charge >= 0.3 is 0 Å². The van der Waals surface area contributed by atoms with Crippen LogP contribution in [0, 0.1) is 0 Å². The third-order valence-corrected chi connectivity index (χ3v) is 5.30. The molecule has 0 saturated carbocycles. The number of phenols is 1. The Balaban J connectivity index is 1.68. The van der Waals surface area contributed by atoms with Crippen molar-refractivity contribution in [3.8, 4) is 5.75 Å². The SMILES string of the molecule is N[C@@H]1C[C@H](N)CN(c2nc(Nc3ccccc3O)nc(N3CCC[C@H](N)C3)n2)C1. The number of anilines is 4. The molecule has 8 N–H and O–H groups in total. The zero-order valence-corrected chi connectivity index (χ0v) is 16.4. The van der Waals surface area contributed by atoms with E-state index in [0.29, 0.717) is 43.2 Å². The number of hydrogen-bond acceptors (Lipinski definition) is 10. The molecule has 0 bridgehead atoms. The largest absolute Gasteiger partial charge is 0.506 e. The van der Waals surface area contributed by atoms with E-state index in [2.05, 4.69) is 20.2 Å². The lowest BCUT2D eigenvalue weighted by molar-refractivity contribution is 0.446. The van der Waals surface area contributed by atoms with Gasteiger partial charge in [0.15, 0.2) is 0 Å². The normalized spacial score (nSPS) is 25.1. The number of piperidine rings is 2. The van der Waals surface area contributed by atoms with Crippen LogP contribution in [0.15, 0.2) is 24.3 Å². The van der Waals surface area contributed by atoms with Gasteiger partial charge in [0.25, 0.3) is 0 Å². The predicted molar refractivity (Wildman–Crippen MR) is 113 cm³/mol. The second kappa shape index (κ2) is 8.36. The highest BCUT2D eigenvalue weighted by Crippen LogP contribution is 2.27. The van der Waals surface area contributed by atoms with Gasteiger partial charge in [-0.1, -0.05) is 12.1 Å². The summed E-state index contributed by atoms with van der Waals surface area (Å²) in [6, 6.07) is 7.00. The van der Waals surface area contributed by atoms with Crippen LogP contribution < -0.4 is 32.3 Å². The number of nitrogens with one attached hydrogen (secondary N) is 1. The van der Waals surface area contributed by atoms with E-state index in [0.717, 1.165) is 25.8 Å². The van der Waals surface area contributed by atoms with Crippen LogP contribution in [-0.4, -0.2) is 64.4 Å². The highest BCUT2D eigenvalue weighted by molar-refractivity contribution is 5.63. The molecule has 0 radical (unpaired) electrons. The van der Waals surface area contributed by atoms with Crippen molar-refractivity contribution >= 4 is 23.5 Å². The summed E-state index contributed by atoms with van der Waals surface area (Å²) < 4.78 is 0. The van der Waals surface area contributed by atoms with E-state index in [4.69, 9.17) is 22.2 Å². The van der Waals surface area contributed by atoms with Crippen LogP contribution in [-0.2, 0) is 0 Å². The first kappa shape index (κ1) is 19.6. The summed E-state index contributed by atoms with van der Waals surface area (Å²) in [5, 5.41) is 13.2. The van der Waals surface area contributed by atoms with Crippen molar-refractivity contribution in [2.75, 3.05) is 41.3 Å². The molecule has 1 aromatic heterocycles. The van der Waals surface area contributed by atoms with Gasteiger partial charge in [-0.25, -0.2) is 0 Å². The number of nitrogens with zero attached hydrogens (tertiary/aromatic N) is 5. The number of nitrogens with two attached hydrogens (primary N) is 3. The number of aromatic nitrogens is 3. The quantitative estimate of drug-likeness (QED) is 0.447. The van der Waals surface area contributed by atoms with Crippen molar-refractivity contribution in [2.45, 2.75) is 37.4 Å². The molecule has 3 heterocycles. The number of rotatable bonds is 4. The van der Waals surface area contributed by atoms with Gasteiger partial charge in [-0.05, 0) is 31.4 Å². The van der Waals surface area contributed by atoms with E-state index >= 15 is 0 Å². The molecule has 2 aromatic rings. The maximum atomic E-state index is 10.1. The molecule has 0 aliphatic carbocycles. The molecule has 4 rings (SSSR count). The van der Waals surface area contributed by atoms with E-state index < -0.39 is 0 Å². The number of aromatic hydroxyl groups is 1. The van der Waals surface area contributed by atoms with Crippen molar-refractivity contribution in [2.24, 2.45) is 17.2 Å². The van der Waals surface area contributed by atoms with Gasteiger partial charge in [-0.3, -0.25) is 0 Å². The molecule has 2 aliphatic heterocycles. The van der Waals surface area contributed by atoms with Crippen molar-refractivity contribution in [3.63, 3.8) is 0 Å². The minimum absolute atomic E-state index is 0.0306. The highest BCUT2D eigenvalue weighted by atomic mass is 16.3. The molecule has 10 heteroatoms. The molecule has 29 heavy (non-hydrogen) atoms. The van der Waals surface area contributed by atoms with Crippen LogP contribution in [0.2, 0.25) is 0 Å². The minimum Gasteiger partial charge on any atom is -0.506 e. The number of hydrogen-bond donors (Lipinski definition) is 5. The van der Waals surface area contributed by atoms with E-state index in [1.807, 2.05) is 11.0 Å². The summed E-state index contributed by atoms with van der Waals surface area (Å²) in [5.74, 6) is 1.57. The van der Waals surface area contributed by atoms with Crippen molar-refractivity contribution in [3.05, 3.63) is 24.3 Å². The fourth-order valence-electron chi connectivity index (χ4n) is 3.93. The minimum atomic E-state index is -0.0306. The molecule has 10 nitrogen and oxygen atoms in total. The van der Waals surface area contributed by atoms with Gasteiger partial charge in [0.2, 0.25) is 17.8 Å². The molecule has 0 spiro atoms. The molecule has 1 aromatic carbocycles. The highest BCUT2D eigenvalue weighted by Gasteiger charge is 2.27. The third-order valence-electron chi connectivity index (χ3n) is 5.30. The van der Waals surface area contributed by atoms with Crippen molar-refractivity contribution in [1.82, 2.24) is 15.0 Å². The molecule has 3 atom stereocenters. The maximum Gasteiger partial charge on any atom is 0.233 e. The topological polar surface area (TPSA) is 155 Å². The molecule has 2 fully saturated rings. The summed E-state index contributed by atoms with van der Waals surface area (Å²) in [6.45, 7) is 2.80. The standard InChI is InChI=1S/C19H29N9O/c20-12-4-3-7-27(9-12)18-24-17(23-15-5-1-2-6-16(15)29)25-19(26-18)28-10-13(21)8-14(22)11-28/h1-2,5-6,12-14,29H,3-4,7-11,20-22H2,(H,23,24,25,26)/t12-,13-,14+/m0/s1. The van der Waals surface area contributed by atoms with Gasteiger partial charge in [0.1, 0.15) is 5.75 Å². The zero-order chi connectivity index (χ0) is 20.4. The van der Waals surface area contributed by atoms with E-state index in [9.17, 15) is 5.11 Å². The Morgan fingerprint density at radius 3 is 2.24 bits per heavy atom. The third kappa shape index (κ3) is 4.66. The van der Waals surface area contributed by atoms with E-state index in [1.54, 1.807) is 18.2 Å². The number of benzene rings is 1. The van der Waals surface area contributed by atoms with Gasteiger partial charge in [0, 0.05) is 44.3 Å². The molecule has 0 unspecified atom stereocenters. The van der Waals surface area contributed by atoms with Crippen LogP contribution in [0.5, 0.6) is 5.75 Å². The van der Waals surface area contributed by atoms with Crippen LogP contribution in [0.3, 0.4) is 0 Å². The van der Waals surface area contributed by atoms with Crippen molar-refractivity contribution < 1.29 is 5.11 Å². The first-order valence-electron chi connectivity index (χ1n) is 10.1. The monoisotopic (exact) mass is 399 g/mol. The predicted octanol–water partition coefficient (Wildman–Crippen LogP) is 0.113. The van der Waals surface area contributed by atoms with Crippen LogP contribution in [0.4, 0.5) is 23.5 Å². The Kier molecular flexibility index (Phi) is 5.65. The summed E-state index contributed by atoms with van der Waals surface area (Å²) >= 11 is 0. The molecule has 2 aliphatic rings. The first-order valence-corrected chi connectivity index (χ1v) is 10.1. The van der Waals surface area contributed by atoms with Gasteiger partial charge in [-0.2, -0.15) is 15.0 Å². The van der Waals surface area contributed by atoms with Gasteiger partial charge < -0.3 is 37.4 Å². The fourth-order valence-corrected chi connectivity index (χ4v) is 3.93. The Morgan fingerprint density at radius 2 is 1.55 bits per heavy atom. The van der Waals surface area contributed by atoms with Gasteiger partial charge in [0.05, 0.1) is 5.69 Å². The molecule has 0 amide bonds. The Hall–Kier alpha value is -2.69. The summed E-state index contributed by atoms with van der Waals surface area (Å²) in [6.07, 6.45) is 2.76. The first-order chi connectivity index (χ1) is 14.0. The smallest absolute Gasteiger partial charge is 0.233 e. The lowest BCUT2D eigenvalue weighted by atomic mass is 10.0. The molecule has 2 saturated heterocycles. The summed E-state index contributed by atoms with van der Waals surface area (Å²) in [7, 11) is 0. The van der Waals surface area contributed by atoms with Crippen LogP contribution in [0.25, 0.3) is 0 Å². The average Bonchev–Trinajstić information content (AvgIpc) is 2.69. The van der Waals surface area contributed by atoms with Crippen LogP contribution >= 0.6 is 0 Å². The van der Waals surface area contributed by atoms with E-state index in [-0.39, 0.29) is 23.9 Å². The molecular weight excluding hydrogens is 370 g/mol. The van der Waals surface area contributed by atoms with Crippen molar-refractivity contribution in [1.29, 1.82) is 0 Å². The Labute approximate surface area is 170 Å². The Bertz CT molecular complexity index is 838. The fraction of sp³-hybridized carbons (Fsp3) is 0.526. The van der Waals surface area contributed by atoms with Crippen LogP contribution in [0.1, 0.15) is 19.3 Å². The summed E-state index contributed by atoms with van der Waals surface area (Å²) in [5.41, 5.74) is 19.0. The lowest BCUT2D eigenvalue weighted by Crippen LogP contribution is -2.53. The second-order valence-corrected chi connectivity index (χ2v) is 7.91. The molecular formula is C19H29N9O. The molecule has 156 valence electrons. The van der Waals surface area contributed by atoms with E-state index in [1.165, 1.54) is 0 Å². The zero-order valence-electron chi connectivity index (χ0n) is 16.4. The number of phenolic OH excluding ortho intramolecular Hbond substituents is 1. The maximum absolute atomic E-state index is 10.1. The lowest BCUT2D eigenvalue weighted by Gasteiger charge is -2.35. The number of para-hydroxylation sites is 2. The average molecular weight is 400 g/mol.